The summed E-state index contributed by atoms with van der Waals surface area (Å²) in [5.41, 5.74) is 9.23. The van der Waals surface area contributed by atoms with E-state index in [1.165, 1.54) is 31.3 Å². The van der Waals surface area contributed by atoms with Crippen LogP contribution in [-0.2, 0) is 0 Å². The number of furan rings is 2. The van der Waals surface area contributed by atoms with E-state index in [2.05, 4.69) is 155 Å². The average molecular weight is 678 g/mol. The summed E-state index contributed by atoms with van der Waals surface area (Å²) < 4.78 is 15.5. The molecule has 1 aliphatic rings. The van der Waals surface area contributed by atoms with Gasteiger partial charge in [0.25, 0.3) is 0 Å². The molecule has 4 heterocycles. The lowest BCUT2D eigenvalue weighted by Crippen LogP contribution is -2.54. The molecule has 1 fully saturated rings. The summed E-state index contributed by atoms with van der Waals surface area (Å²) >= 11 is 1.85. The van der Waals surface area contributed by atoms with E-state index in [1.54, 1.807) is 0 Å². The largest absolute Gasteiger partial charge is 0.456 e. The highest BCUT2D eigenvalue weighted by molar-refractivity contribution is 7.25. The van der Waals surface area contributed by atoms with Crippen LogP contribution in [0.5, 0.6) is 0 Å². The normalized spacial score (nSPS) is 18.2. The van der Waals surface area contributed by atoms with E-state index in [1.807, 2.05) is 23.5 Å². The van der Waals surface area contributed by atoms with Gasteiger partial charge in [-0.25, -0.2) is 0 Å². The highest BCUT2D eigenvalue weighted by Gasteiger charge is 2.30. The fourth-order valence-corrected chi connectivity index (χ4v) is 9.06. The van der Waals surface area contributed by atoms with Crippen LogP contribution in [0.2, 0.25) is 0 Å². The van der Waals surface area contributed by atoms with Gasteiger partial charge in [0, 0.05) is 47.3 Å². The molecule has 0 bridgehead atoms. The summed E-state index contributed by atoms with van der Waals surface area (Å²) in [6.45, 7) is 0. The number of para-hydroxylation sites is 2. The van der Waals surface area contributed by atoms with Crippen molar-refractivity contribution in [1.82, 2.24) is 16.0 Å². The van der Waals surface area contributed by atoms with E-state index < -0.39 is 0 Å². The van der Waals surface area contributed by atoms with E-state index >= 15 is 0 Å². The molecule has 3 N–H and O–H groups in total. The molecule has 1 saturated heterocycles. The van der Waals surface area contributed by atoms with Gasteiger partial charge in [-0.2, -0.15) is 0 Å². The number of benzene rings is 7. The summed E-state index contributed by atoms with van der Waals surface area (Å²) in [5.74, 6) is 0. The zero-order valence-electron chi connectivity index (χ0n) is 27.4. The minimum Gasteiger partial charge on any atom is -0.456 e. The number of hydrogen-bond acceptors (Lipinski definition) is 6. The van der Waals surface area contributed by atoms with Crippen LogP contribution in [0.25, 0.3) is 75.2 Å². The van der Waals surface area contributed by atoms with E-state index in [4.69, 9.17) is 8.83 Å². The van der Waals surface area contributed by atoms with Crippen LogP contribution in [-0.4, -0.2) is 0 Å². The second-order valence-corrected chi connectivity index (χ2v) is 14.5. The number of thiophene rings is 1. The lowest BCUT2D eigenvalue weighted by molar-refractivity contribution is 0.203. The monoisotopic (exact) mass is 677 g/mol. The minimum atomic E-state index is -0.126. The smallest absolute Gasteiger partial charge is 0.143 e. The lowest BCUT2D eigenvalue weighted by Gasteiger charge is -2.39. The molecule has 51 heavy (non-hydrogen) atoms. The maximum atomic E-state index is 6.52. The molecule has 11 rings (SSSR count). The third-order valence-corrected chi connectivity index (χ3v) is 11.5. The van der Waals surface area contributed by atoms with Crippen LogP contribution < -0.4 is 16.0 Å². The van der Waals surface area contributed by atoms with Gasteiger partial charge >= 0.3 is 0 Å². The zero-order valence-corrected chi connectivity index (χ0v) is 28.2. The molecule has 0 saturated carbocycles. The highest BCUT2D eigenvalue weighted by atomic mass is 32.1. The van der Waals surface area contributed by atoms with Crippen molar-refractivity contribution in [3.63, 3.8) is 0 Å². The van der Waals surface area contributed by atoms with Crippen molar-refractivity contribution in [2.24, 2.45) is 0 Å². The Bertz CT molecular complexity index is 2940. The molecule has 10 aromatic rings. The summed E-state index contributed by atoms with van der Waals surface area (Å²) in [6, 6.07) is 53.8. The Hall–Kier alpha value is -5.76. The minimum absolute atomic E-state index is 0.0598. The Morgan fingerprint density at radius 2 is 1.04 bits per heavy atom. The molecular weight excluding hydrogens is 647 g/mol. The number of fused-ring (bicyclic) bond motifs is 9. The summed E-state index contributed by atoms with van der Waals surface area (Å²) in [7, 11) is 0. The van der Waals surface area contributed by atoms with Crippen molar-refractivity contribution >= 4 is 75.4 Å². The standard InChI is InChI=1S/C45H31N3O2S/c1-2-9-26(10-3-1)43-46-44(48-45(47-43)29-18-21-34-33-12-5-7-16-40(33)51-41(34)25-29)28-17-20-32-36-23-27(19-22-38(36)49-39(32)24-28)30-13-8-14-35-31-11-4-6-15-37(31)50-42(30)35/h1-25,43-48H. The Morgan fingerprint density at radius 1 is 0.392 bits per heavy atom. The van der Waals surface area contributed by atoms with Crippen molar-refractivity contribution in [2.45, 2.75) is 18.5 Å². The van der Waals surface area contributed by atoms with Crippen LogP contribution in [0.4, 0.5) is 0 Å². The van der Waals surface area contributed by atoms with Crippen molar-refractivity contribution in [1.29, 1.82) is 0 Å². The zero-order chi connectivity index (χ0) is 33.5. The first-order chi connectivity index (χ1) is 25.2. The van der Waals surface area contributed by atoms with Gasteiger partial charge in [-0.3, -0.25) is 16.0 Å². The highest BCUT2D eigenvalue weighted by Crippen LogP contribution is 2.40. The molecule has 6 heteroatoms. The topological polar surface area (TPSA) is 62.4 Å². The molecule has 3 unspecified atom stereocenters. The molecule has 244 valence electrons. The molecule has 0 radical (unpaired) electrons. The quantitative estimate of drug-likeness (QED) is 0.173. The Kier molecular flexibility index (Phi) is 6.48. The maximum Gasteiger partial charge on any atom is 0.143 e. The van der Waals surface area contributed by atoms with Gasteiger partial charge in [0.05, 0.1) is 18.5 Å². The van der Waals surface area contributed by atoms with Gasteiger partial charge in [-0.1, -0.05) is 115 Å². The summed E-state index contributed by atoms with van der Waals surface area (Å²) in [4.78, 5) is 0. The Morgan fingerprint density at radius 3 is 1.90 bits per heavy atom. The Balaban J connectivity index is 0.973. The van der Waals surface area contributed by atoms with E-state index in [-0.39, 0.29) is 18.5 Å². The molecule has 0 amide bonds. The third-order valence-electron chi connectivity index (χ3n) is 10.4. The fourth-order valence-electron chi connectivity index (χ4n) is 7.90. The lowest BCUT2D eigenvalue weighted by atomic mass is 9.99. The molecule has 3 atom stereocenters. The Labute approximate surface area is 297 Å². The number of rotatable bonds is 4. The van der Waals surface area contributed by atoms with E-state index in [0.717, 1.165) is 60.6 Å². The molecule has 5 nitrogen and oxygen atoms in total. The average Bonchev–Trinajstić information content (AvgIpc) is 3.88. The maximum absolute atomic E-state index is 6.52. The van der Waals surface area contributed by atoms with Gasteiger partial charge in [0.2, 0.25) is 0 Å². The number of hydrogen-bond donors (Lipinski definition) is 3. The SMILES string of the molecule is c1ccc(C2NC(c3ccc4c(c3)oc3ccc(-c5cccc6c5oc5ccccc56)cc34)NC(c3ccc4c(c3)sc3ccccc34)N2)cc1. The third kappa shape index (κ3) is 4.73. The van der Waals surface area contributed by atoms with Crippen LogP contribution in [0.1, 0.15) is 35.2 Å². The molecule has 0 spiro atoms. The van der Waals surface area contributed by atoms with Crippen molar-refractivity contribution < 1.29 is 8.83 Å². The molecule has 0 aliphatic carbocycles. The number of nitrogens with one attached hydrogen (secondary N) is 3. The molecular formula is C45H31N3O2S. The van der Waals surface area contributed by atoms with Gasteiger partial charge in [0.1, 0.15) is 22.3 Å². The van der Waals surface area contributed by atoms with Crippen LogP contribution >= 0.6 is 11.3 Å². The predicted molar refractivity (Wildman–Crippen MR) is 210 cm³/mol. The van der Waals surface area contributed by atoms with Crippen LogP contribution in [0.15, 0.2) is 160 Å². The molecule has 7 aromatic carbocycles. The van der Waals surface area contributed by atoms with Crippen LogP contribution in [0, 0.1) is 0 Å². The fraction of sp³-hybridized carbons (Fsp3) is 0.0667. The summed E-state index contributed by atoms with van der Waals surface area (Å²) in [5, 5.41) is 18.6. The second kappa shape index (κ2) is 11.4. The van der Waals surface area contributed by atoms with E-state index in [0.29, 0.717) is 0 Å². The first-order valence-corrected chi connectivity index (χ1v) is 18.2. The summed E-state index contributed by atoms with van der Waals surface area (Å²) in [6.07, 6.45) is -0.264. The van der Waals surface area contributed by atoms with Gasteiger partial charge in [0.15, 0.2) is 0 Å². The predicted octanol–water partition coefficient (Wildman–Crippen LogP) is 11.7. The van der Waals surface area contributed by atoms with Gasteiger partial charge < -0.3 is 8.83 Å². The van der Waals surface area contributed by atoms with E-state index in [9.17, 15) is 0 Å². The second-order valence-electron chi connectivity index (χ2n) is 13.4. The first-order valence-electron chi connectivity index (χ1n) is 17.3. The first kappa shape index (κ1) is 29.0. The van der Waals surface area contributed by atoms with Crippen LogP contribution in [0.3, 0.4) is 0 Å². The van der Waals surface area contributed by atoms with Crippen molar-refractivity contribution in [3.8, 4) is 11.1 Å². The van der Waals surface area contributed by atoms with Crippen molar-refractivity contribution in [3.05, 3.63) is 168 Å². The van der Waals surface area contributed by atoms with Gasteiger partial charge in [-0.15, -0.1) is 11.3 Å². The van der Waals surface area contributed by atoms with Gasteiger partial charge in [-0.05, 0) is 58.7 Å². The molecule has 3 aromatic heterocycles. The molecule has 1 aliphatic heterocycles. The van der Waals surface area contributed by atoms with Crippen molar-refractivity contribution in [2.75, 3.05) is 0 Å².